The summed E-state index contributed by atoms with van der Waals surface area (Å²) in [7, 11) is 0. The fourth-order valence-electron chi connectivity index (χ4n) is 4.51. The lowest BCUT2D eigenvalue weighted by Crippen LogP contribution is -2.35. The van der Waals surface area contributed by atoms with Crippen LogP contribution in [-0.2, 0) is 11.8 Å². The topological polar surface area (TPSA) is 0 Å². The van der Waals surface area contributed by atoms with E-state index in [0.29, 0.717) is 5.41 Å². The predicted molar refractivity (Wildman–Crippen MR) is 71.5 cm³/mol. The quantitative estimate of drug-likeness (QED) is 0.583. The lowest BCUT2D eigenvalue weighted by atomic mass is 9.62. The first-order chi connectivity index (χ1) is 8.29. The van der Waals surface area contributed by atoms with Gasteiger partial charge in [-0.25, -0.2) is 0 Å². The lowest BCUT2D eigenvalue weighted by Gasteiger charge is -2.41. The van der Waals surface area contributed by atoms with E-state index in [0.717, 1.165) is 10.9 Å². The van der Waals surface area contributed by atoms with Gasteiger partial charge < -0.3 is 0 Å². The number of allylic oxidation sites excluding steroid dienone is 2. The van der Waals surface area contributed by atoms with Gasteiger partial charge in [0.2, 0.25) is 0 Å². The van der Waals surface area contributed by atoms with Crippen molar-refractivity contribution in [2.45, 2.75) is 43.9 Å². The molecule has 0 aromatic heterocycles. The van der Waals surface area contributed by atoms with Crippen LogP contribution in [-0.4, -0.2) is 0 Å². The molecule has 3 aliphatic rings. The second-order valence-electron chi connectivity index (χ2n) is 5.95. The van der Waals surface area contributed by atoms with Crippen molar-refractivity contribution in [3.05, 3.63) is 46.0 Å². The molecular weight excluding hydrogens is 228 g/mol. The fraction of sp³-hybridized carbons (Fsp3) is 0.500. The zero-order chi connectivity index (χ0) is 11.5. The Morgan fingerprint density at radius 2 is 2.24 bits per heavy atom. The maximum Gasteiger partial charge on any atom is 0.0440 e. The first-order valence-electron chi connectivity index (χ1n) is 6.75. The van der Waals surface area contributed by atoms with Gasteiger partial charge in [-0.15, -0.1) is 0 Å². The maximum atomic E-state index is 6.39. The molecule has 1 aromatic carbocycles. The van der Waals surface area contributed by atoms with E-state index in [9.17, 15) is 0 Å². The zero-order valence-electron chi connectivity index (χ0n) is 10.0. The molecular formula is C16H17Cl. The Morgan fingerprint density at radius 1 is 1.29 bits per heavy atom. The van der Waals surface area contributed by atoms with Gasteiger partial charge in [-0.1, -0.05) is 35.4 Å². The Labute approximate surface area is 108 Å². The highest BCUT2D eigenvalue weighted by Crippen LogP contribution is 2.59. The Morgan fingerprint density at radius 3 is 3.00 bits per heavy atom. The number of fused-ring (bicyclic) bond motifs is 5. The van der Waals surface area contributed by atoms with Crippen LogP contribution in [0.4, 0.5) is 0 Å². The number of hydrogen-bond donors (Lipinski definition) is 0. The van der Waals surface area contributed by atoms with Gasteiger partial charge in [-0.2, -0.15) is 0 Å². The minimum absolute atomic E-state index is 0.461. The molecule has 3 aliphatic carbocycles. The number of hydrogen-bond acceptors (Lipinski definition) is 0. The van der Waals surface area contributed by atoms with Gasteiger partial charge in [0.15, 0.2) is 0 Å². The molecule has 0 radical (unpaired) electrons. The summed E-state index contributed by atoms with van der Waals surface area (Å²) in [5.41, 5.74) is 5.21. The minimum Gasteiger partial charge on any atom is -0.0850 e. The average Bonchev–Trinajstić information content (AvgIpc) is 2.92. The summed E-state index contributed by atoms with van der Waals surface area (Å²) in [5, 5.41) is 0.998. The molecule has 0 N–H and O–H groups in total. The van der Waals surface area contributed by atoms with E-state index in [-0.39, 0.29) is 0 Å². The molecule has 1 spiro atoms. The summed E-state index contributed by atoms with van der Waals surface area (Å²) in [6.07, 6.45) is 10.3. The number of halogens is 1. The molecule has 0 heterocycles. The van der Waals surface area contributed by atoms with E-state index in [1.54, 1.807) is 11.1 Å². The van der Waals surface area contributed by atoms with Crippen LogP contribution < -0.4 is 0 Å². The molecule has 4 rings (SSSR count). The SMILES string of the molecule is Clc1cccc2c1CCCC21CC2=CCC1C2. The monoisotopic (exact) mass is 244 g/mol. The van der Waals surface area contributed by atoms with E-state index in [2.05, 4.69) is 24.3 Å². The Kier molecular flexibility index (Phi) is 2.03. The fourth-order valence-corrected chi connectivity index (χ4v) is 4.78. The Balaban J connectivity index is 1.91. The molecule has 2 unspecified atom stereocenters. The van der Waals surface area contributed by atoms with Crippen LogP contribution in [0.1, 0.15) is 43.2 Å². The highest BCUT2D eigenvalue weighted by molar-refractivity contribution is 6.31. The molecule has 2 atom stereocenters. The highest BCUT2D eigenvalue weighted by Gasteiger charge is 2.50. The number of benzene rings is 1. The van der Waals surface area contributed by atoms with Crippen molar-refractivity contribution in [3.8, 4) is 0 Å². The van der Waals surface area contributed by atoms with Gasteiger partial charge >= 0.3 is 0 Å². The second kappa shape index (κ2) is 3.38. The first-order valence-corrected chi connectivity index (χ1v) is 7.13. The van der Waals surface area contributed by atoms with Crippen molar-refractivity contribution in [2.24, 2.45) is 5.92 Å². The maximum absolute atomic E-state index is 6.39. The van der Waals surface area contributed by atoms with Crippen molar-refractivity contribution in [2.75, 3.05) is 0 Å². The molecule has 88 valence electrons. The molecule has 0 aliphatic heterocycles. The largest absolute Gasteiger partial charge is 0.0850 e. The van der Waals surface area contributed by atoms with E-state index in [4.69, 9.17) is 11.6 Å². The number of rotatable bonds is 0. The van der Waals surface area contributed by atoms with E-state index >= 15 is 0 Å². The normalized spacial score (nSPS) is 33.9. The zero-order valence-corrected chi connectivity index (χ0v) is 10.8. The molecule has 0 saturated heterocycles. The van der Waals surface area contributed by atoms with Gasteiger partial charge in [0.05, 0.1) is 0 Å². The van der Waals surface area contributed by atoms with Crippen molar-refractivity contribution in [1.29, 1.82) is 0 Å². The second-order valence-corrected chi connectivity index (χ2v) is 6.36. The van der Waals surface area contributed by atoms with Crippen molar-refractivity contribution < 1.29 is 0 Å². The molecule has 1 heteroatoms. The summed E-state index contributed by atoms with van der Waals surface area (Å²) in [5.74, 6) is 0.870. The molecule has 0 nitrogen and oxygen atoms in total. The predicted octanol–water partition coefficient (Wildman–Crippen LogP) is 4.65. The third-order valence-electron chi connectivity index (χ3n) is 5.23. The van der Waals surface area contributed by atoms with Gasteiger partial charge in [-0.05, 0) is 61.6 Å². The van der Waals surface area contributed by atoms with Crippen LogP contribution >= 0.6 is 11.6 Å². The van der Waals surface area contributed by atoms with Crippen molar-refractivity contribution in [3.63, 3.8) is 0 Å². The smallest absolute Gasteiger partial charge is 0.0440 e. The first kappa shape index (κ1) is 10.2. The van der Waals surface area contributed by atoms with Gasteiger partial charge in [-0.3, -0.25) is 0 Å². The van der Waals surface area contributed by atoms with Crippen LogP contribution in [0.15, 0.2) is 29.8 Å². The molecule has 1 aromatic rings. The summed E-state index contributed by atoms with van der Waals surface area (Å²) >= 11 is 6.39. The van der Waals surface area contributed by atoms with E-state index < -0.39 is 0 Å². The van der Waals surface area contributed by atoms with Crippen LogP contribution in [0.2, 0.25) is 5.02 Å². The van der Waals surface area contributed by atoms with E-state index in [1.807, 2.05) is 0 Å². The van der Waals surface area contributed by atoms with Gasteiger partial charge in [0.1, 0.15) is 0 Å². The van der Waals surface area contributed by atoms with Gasteiger partial charge in [0.25, 0.3) is 0 Å². The van der Waals surface area contributed by atoms with Crippen LogP contribution in [0.3, 0.4) is 0 Å². The third-order valence-corrected chi connectivity index (χ3v) is 5.58. The van der Waals surface area contributed by atoms with Gasteiger partial charge in [0, 0.05) is 10.4 Å². The molecule has 1 saturated carbocycles. The van der Waals surface area contributed by atoms with Crippen LogP contribution in [0.5, 0.6) is 0 Å². The summed E-state index contributed by atoms with van der Waals surface area (Å²) < 4.78 is 0. The Bertz CT molecular complexity index is 514. The third kappa shape index (κ3) is 1.25. The summed E-state index contributed by atoms with van der Waals surface area (Å²) in [6.45, 7) is 0. The molecule has 17 heavy (non-hydrogen) atoms. The standard InChI is InChI=1S/C16H17Cl/c17-15-5-1-4-14-13(15)3-2-8-16(14)10-11-6-7-12(16)9-11/h1,4-6,12H,2-3,7-10H2. The van der Waals surface area contributed by atoms with E-state index in [1.165, 1.54) is 44.1 Å². The summed E-state index contributed by atoms with van der Waals surface area (Å²) in [4.78, 5) is 0. The minimum atomic E-state index is 0.461. The Hall–Kier alpha value is -0.750. The van der Waals surface area contributed by atoms with Crippen LogP contribution in [0.25, 0.3) is 0 Å². The highest BCUT2D eigenvalue weighted by atomic mass is 35.5. The summed E-state index contributed by atoms with van der Waals surface area (Å²) in [6, 6.07) is 6.56. The van der Waals surface area contributed by atoms with Crippen molar-refractivity contribution >= 4 is 11.6 Å². The average molecular weight is 245 g/mol. The molecule has 2 bridgehead atoms. The molecule has 1 fully saturated rings. The molecule has 0 amide bonds. The van der Waals surface area contributed by atoms with Crippen molar-refractivity contribution in [1.82, 2.24) is 0 Å². The lowest BCUT2D eigenvalue weighted by molar-refractivity contribution is 0.270. The van der Waals surface area contributed by atoms with Crippen LogP contribution in [0, 0.1) is 5.92 Å².